The summed E-state index contributed by atoms with van der Waals surface area (Å²) in [5.74, 6) is -2.32. The number of nitrogens with one attached hydrogen (secondary N) is 1. The zero-order valence-corrected chi connectivity index (χ0v) is 21.2. The standard InChI is InChI=1S/C26H33F2N5O3/c1-6-12-35-14-15-36-13-11-29-25(34)19-7-9-22-21(16-19)18(2)24(31-32(4)5)33(22)23-10-8-20(17-30-23)26(3,27)28/h7-10,16-17H,2,6,11-15H2,1,3-5H3,(H,29,34)/b31-24+. The maximum absolute atomic E-state index is 13.7. The minimum absolute atomic E-state index is 0.180. The smallest absolute Gasteiger partial charge is 0.272 e. The molecular weight excluding hydrogens is 468 g/mol. The Kier molecular flexibility index (Phi) is 9.11. The molecule has 0 atom stereocenters. The molecule has 10 heteroatoms. The van der Waals surface area contributed by atoms with E-state index in [9.17, 15) is 13.6 Å². The molecule has 1 aromatic heterocycles. The predicted octanol–water partition coefficient (Wildman–Crippen LogP) is 4.41. The first-order valence-corrected chi connectivity index (χ1v) is 11.8. The van der Waals surface area contributed by atoms with Gasteiger partial charge in [-0.1, -0.05) is 13.5 Å². The van der Waals surface area contributed by atoms with Gasteiger partial charge in [0.05, 0.1) is 25.5 Å². The van der Waals surface area contributed by atoms with Crippen molar-refractivity contribution < 1.29 is 23.0 Å². The van der Waals surface area contributed by atoms with Crippen LogP contribution in [0.25, 0.3) is 5.57 Å². The molecule has 2 aromatic rings. The molecular formula is C26H33F2N5O3. The molecule has 1 N–H and O–H groups in total. The van der Waals surface area contributed by atoms with Gasteiger partial charge in [-0.25, -0.2) is 13.8 Å². The van der Waals surface area contributed by atoms with Gasteiger partial charge in [-0.2, -0.15) is 5.10 Å². The zero-order valence-electron chi connectivity index (χ0n) is 21.2. The number of alkyl halides is 2. The molecule has 0 unspecified atom stereocenters. The van der Waals surface area contributed by atoms with Gasteiger partial charge in [0, 0.05) is 62.6 Å². The summed E-state index contributed by atoms with van der Waals surface area (Å²) >= 11 is 0. The first-order chi connectivity index (χ1) is 17.1. The average molecular weight is 502 g/mol. The summed E-state index contributed by atoms with van der Waals surface area (Å²) < 4.78 is 38.2. The second kappa shape index (κ2) is 12.0. The third-order valence-electron chi connectivity index (χ3n) is 5.34. The lowest BCUT2D eigenvalue weighted by atomic mass is 10.0. The number of halogens is 2. The average Bonchev–Trinajstić information content (AvgIpc) is 3.10. The van der Waals surface area contributed by atoms with Crippen molar-refractivity contribution in [3.05, 3.63) is 59.8 Å². The lowest BCUT2D eigenvalue weighted by Gasteiger charge is -2.21. The van der Waals surface area contributed by atoms with Gasteiger partial charge in [-0.15, -0.1) is 0 Å². The maximum atomic E-state index is 13.7. The summed E-state index contributed by atoms with van der Waals surface area (Å²) in [6.07, 6.45) is 2.12. The fourth-order valence-electron chi connectivity index (χ4n) is 3.59. The van der Waals surface area contributed by atoms with Crippen LogP contribution in [0.2, 0.25) is 0 Å². The predicted molar refractivity (Wildman–Crippen MR) is 137 cm³/mol. The number of fused-ring (bicyclic) bond motifs is 1. The van der Waals surface area contributed by atoms with Crippen LogP contribution in [0.3, 0.4) is 0 Å². The van der Waals surface area contributed by atoms with Crippen molar-refractivity contribution in [2.45, 2.75) is 26.2 Å². The normalized spacial score (nSPS) is 14.3. The third kappa shape index (κ3) is 6.64. The second-order valence-corrected chi connectivity index (χ2v) is 8.59. The highest BCUT2D eigenvalue weighted by atomic mass is 19.3. The molecule has 0 saturated heterocycles. The van der Waals surface area contributed by atoms with Crippen LogP contribution in [-0.2, 0) is 15.4 Å². The van der Waals surface area contributed by atoms with E-state index in [0.29, 0.717) is 67.0 Å². The van der Waals surface area contributed by atoms with Crippen LogP contribution in [0.1, 0.15) is 41.8 Å². The molecule has 0 fully saturated rings. The maximum Gasteiger partial charge on any atom is 0.272 e. The summed E-state index contributed by atoms with van der Waals surface area (Å²) in [7, 11) is 3.54. The van der Waals surface area contributed by atoms with E-state index < -0.39 is 5.92 Å². The van der Waals surface area contributed by atoms with Gasteiger partial charge in [-0.3, -0.25) is 9.69 Å². The monoisotopic (exact) mass is 501 g/mol. The molecule has 0 aliphatic carbocycles. The van der Waals surface area contributed by atoms with Crippen molar-refractivity contribution in [3.8, 4) is 0 Å². The zero-order chi connectivity index (χ0) is 26.3. The Morgan fingerprint density at radius 1 is 1.17 bits per heavy atom. The van der Waals surface area contributed by atoms with Gasteiger partial charge in [-0.05, 0) is 36.8 Å². The van der Waals surface area contributed by atoms with E-state index in [1.807, 2.05) is 6.92 Å². The van der Waals surface area contributed by atoms with Gasteiger partial charge < -0.3 is 19.8 Å². The number of rotatable bonds is 12. The van der Waals surface area contributed by atoms with Crippen LogP contribution in [0.15, 0.2) is 48.2 Å². The Morgan fingerprint density at radius 3 is 2.50 bits per heavy atom. The Labute approximate surface area is 210 Å². The highest BCUT2D eigenvalue weighted by molar-refractivity contribution is 6.37. The number of hydrogen-bond donors (Lipinski definition) is 1. The van der Waals surface area contributed by atoms with Crippen LogP contribution in [0.5, 0.6) is 0 Å². The van der Waals surface area contributed by atoms with Gasteiger partial charge in [0.2, 0.25) is 0 Å². The summed E-state index contributed by atoms with van der Waals surface area (Å²) in [6.45, 7) is 9.50. The molecule has 3 rings (SSSR count). The summed E-state index contributed by atoms with van der Waals surface area (Å²) in [5.41, 5.74) is 2.28. The molecule has 0 spiro atoms. The molecule has 1 aliphatic rings. The van der Waals surface area contributed by atoms with E-state index in [1.54, 1.807) is 42.2 Å². The fraction of sp³-hybridized carbons (Fsp3) is 0.423. The van der Waals surface area contributed by atoms with E-state index in [1.165, 1.54) is 12.1 Å². The van der Waals surface area contributed by atoms with E-state index in [0.717, 1.165) is 19.5 Å². The SMILES string of the molecule is C=C1/C(=N\N(C)C)N(c2ccc(C(C)(F)F)cn2)c2ccc(C(=O)NCCOCCOCCC)cc21. The number of anilines is 2. The number of ether oxygens (including phenoxy) is 2. The number of aromatic nitrogens is 1. The van der Waals surface area contributed by atoms with E-state index >= 15 is 0 Å². The molecule has 36 heavy (non-hydrogen) atoms. The molecule has 194 valence electrons. The topological polar surface area (TPSA) is 79.3 Å². The van der Waals surface area contributed by atoms with Crippen molar-refractivity contribution in [1.29, 1.82) is 0 Å². The highest BCUT2D eigenvalue weighted by Gasteiger charge is 2.33. The van der Waals surface area contributed by atoms with Crippen LogP contribution < -0.4 is 10.2 Å². The van der Waals surface area contributed by atoms with Crippen LogP contribution >= 0.6 is 0 Å². The number of carbonyl (C=O) groups is 1. The largest absolute Gasteiger partial charge is 0.379 e. The summed E-state index contributed by atoms with van der Waals surface area (Å²) in [6, 6.07) is 8.08. The van der Waals surface area contributed by atoms with E-state index in [2.05, 4.69) is 22.0 Å². The Morgan fingerprint density at radius 2 is 1.89 bits per heavy atom. The first kappa shape index (κ1) is 27.2. The number of hydrogen-bond acceptors (Lipinski definition) is 6. The lowest BCUT2D eigenvalue weighted by molar-refractivity contribution is 0.0171. The van der Waals surface area contributed by atoms with Crippen LogP contribution in [0.4, 0.5) is 20.3 Å². The third-order valence-corrected chi connectivity index (χ3v) is 5.34. The van der Waals surface area contributed by atoms with Crippen molar-refractivity contribution >= 4 is 28.8 Å². The molecule has 2 heterocycles. The van der Waals surface area contributed by atoms with Crippen molar-refractivity contribution in [2.75, 3.05) is 52.0 Å². The molecule has 1 aromatic carbocycles. The number of amides is 1. The number of nitrogens with zero attached hydrogens (tertiary/aromatic N) is 4. The fourth-order valence-corrected chi connectivity index (χ4v) is 3.59. The number of hydrazone groups is 1. The quantitative estimate of drug-likeness (QED) is 0.343. The van der Waals surface area contributed by atoms with Crippen molar-refractivity contribution in [3.63, 3.8) is 0 Å². The summed E-state index contributed by atoms with van der Waals surface area (Å²) in [4.78, 5) is 18.7. The van der Waals surface area contributed by atoms with E-state index in [-0.39, 0.29) is 11.5 Å². The minimum Gasteiger partial charge on any atom is -0.379 e. The van der Waals surface area contributed by atoms with Gasteiger partial charge in [0.15, 0.2) is 5.84 Å². The second-order valence-electron chi connectivity index (χ2n) is 8.59. The first-order valence-electron chi connectivity index (χ1n) is 11.8. The lowest BCUT2D eigenvalue weighted by Crippen LogP contribution is -2.27. The van der Waals surface area contributed by atoms with Gasteiger partial charge >= 0.3 is 0 Å². The molecule has 1 amide bonds. The van der Waals surface area contributed by atoms with Crippen LogP contribution in [0, 0.1) is 0 Å². The number of carbonyl (C=O) groups excluding carboxylic acids is 1. The molecule has 0 bridgehead atoms. The van der Waals surface area contributed by atoms with Crippen LogP contribution in [-0.4, -0.2) is 68.8 Å². The van der Waals surface area contributed by atoms with Gasteiger partial charge in [0.1, 0.15) is 5.82 Å². The number of benzene rings is 1. The number of pyridine rings is 1. The van der Waals surface area contributed by atoms with Crippen molar-refractivity contribution in [1.82, 2.24) is 15.3 Å². The Bertz CT molecular complexity index is 1100. The minimum atomic E-state index is -2.99. The Hall–Kier alpha value is -3.37. The van der Waals surface area contributed by atoms with Gasteiger partial charge in [0.25, 0.3) is 11.8 Å². The highest BCUT2D eigenvalue weighted by Crippen LogP contribution is 2.41. The summed E-state index contributed by atoms with van der Waals surface area (Å²) in [5, 5.41) is 9.00. The van der Waals surface area contributed by atoms with E-state index in [4.69, 9.17) is 9.47 Å². The molecule has 0 radical (unpaired) electrons. The Balaban J connectivity index is 1.75. The molecule has 0 saturated carbocycles. The molecule has 8 nitrogen and oxygen atoms in total. The molecule has 1 aliphatic heterocycles. The number of amidine groups is 1. The van der Waals surface area contributed by atoms with Crippen molar-refractivity contribution in [2.24, 2.45) is 5.10 Å².